The highest BCUT2D eigenvalue weighted by Gasteiger charge is 2.60. The van der Waals surface area contributed by atoms with E-state index in [-0.39, 0.29) is 71.5 Å². The van der Waals surface area contributed by atoms with Gasteiger partial charge in [0.15, 0.2) is 5.78 Å². The first kappa shape index (κ1) is 26.8. The molecule has 4 N–H and O–H groups in total. The molecule has 5 rings (SSSR count). The molecule has 0 spiro atoms. The number of carboxylic acids is 1. The van der Waals surface area contributed by atoms with Crippen molar-refractivity contribution in [3.8, 4) is 0 Å². The van der Waals surface area contributed by atoms with Gasteiger partial charge >= 0.3 is 5.97 Å². The number of nitrogens with zero attached hydrogens (tertiary/aromatic N) is 6. The Morgan fingerprint density at radius 1 is 1.29 bits per heavy atom. The molecule has 0 saturated carbocycles. The minimum absolute atomic E-state index is 0.0188. The Balaban J connectivity index is 1.22. The van der Waals surface area contributed by atoms with Crippen molar-refractivity contribution in [3.63, 3.8) is 0 Å². The Hall–Kier alpha value is -2.84. The van der Waals surface area contributed by atoms with Crippen LogP contribution in [0.3, 0.4) is 0 Å². The number of aromatic nitrogens is 4. The predicted molar refractivity (Wildman–Crippen MR) is 136 cm³/mol. The summed E-state index contributed by atoms with van der Waals surface area (Å²) in [4.78, 5) is 54.9. The number of Topliss-reactive ketones (excluding diaryl/α,β-unsaturated/α-hetero) is 1. The van der Waals surface area contributed by atoms with Crippen LogP contribution in [-0.4, -0.2) is 102 Å². The SMILES string of the molecule is C[C@@H](CC(=O)Cn1cnnn1)[C@H]1C(=O)N2C(C(=O)O)=C(S[C@@H]3CNC(C(=O)N4CCC(N)CC4)C3)[C@H](C)[C@H]12. The van der Waals surface area contributed by atoms with Gasteiger partial charge in [0.25, 0.3) is 0 Å². The summed E-state index contributed by atoms with van der Waals surface area (Å²) >= 11 is 1.47. The van der Waals surface area contributed by atoms with Crippen LogP contribution in [-0.2, 0) is 25.7 Å². The lowest BCUT2D eigenvalue weighted by Crippen LogP contribution is -2.62. The number of fused-ring (bicyclic) bond motifs is 1. The van der Waals surface area contributed by atoms with Crippen molar-refractivity contribution < 1.29 is 24.3 Å². The first-order valence-corrected chi connectivity index (χ1v) is 14.0. The summed E-state index contributed by atoms with van der Waals surface area (Å²) in [5.74, 6) is -2.25. The maximum atomic E-state index is 13.2. The number of nitrogens with two attached hydrogens (primary N) is 1. The molecule has 3 saturated heterocycles. The van der Waals surface area contributed by atoms with E-state index >= 15 is 0 Å². The van der Waals surface area contributed by atoms with Gasteiger partial charge in [0, 0.05) is 48.2 Å². The maximum Gasteiger partial charge on any atom is 0.353 e. The fourth-order valence-corrected chi connectivity index (χ4v) is 7.73. The van der Waals surface area contributed by atoms with E-state index in [0.29, 0.717) is 31.0 Å². The molecule has 4 aliphatic rings. The number of hydrogen-bond donors (Lipinski definition) is 3. The summed E-state index contributed by atoms with van der Waals surface area (Å²) in [7, 11) is 0. The van der Waals surface area contributed by atoms with Crippen LogP contribution >= 0.6 is 11.8 Å². The van der Waals surface area contributed by atoms with Crippen molar-refractivity contribution >= 4 is 35.3 Å². The maximum absolute atomic E-state index is 13.2. The number of amides is 2. The molecule has 1 aromatic rings. The molecule has 1 unspecified atom stereocenters. The Morgan fingerprint density at radius 3 is 2.68 bits per heavy atom. The van der Waals surface area contributed by atoms with Gasteiger partial charge in [-0.3, -0.25) is 14.4 Å². The molecule has 13 nitrogen and oxygen atoms in total. The van der Waals surface area contributed by atoms with Gasteiger partial charge in [-0.2, -0.15) is 0 Å². The topological polar surface area (TPSA) is 177 Å². The number of β-lactam (4-membered cyclic amide) rings is 1. The van der Waals surface area contributed by atoms with Gasteiger partial charge in [-0.05, 0) is 35.6 Å². The quantitative estimate of drug-likeness (QED) is 0.339. The van der Waals surface area contributed by atoms with Crippen LogP contribution in [0.2, 0.25) is 0 Å². The fourth-order valence-electron chi connectivity index (χ4n) is 6.25. The number of thioether (sulfide) groups is 1. The summed E-state index contributed by atoms with van der Waals surface area (Å²) in [6.45, 7) is 5.76. The van der Waals surface area contributed by atoms with E-state index in [1.807, 2.05) is 18.7 Å². The van der Waals surface area contributed by atoms with E-state index in [9.17, 15) is 24.3 Å². The number of carboxylic acid groups (broad SMARTS) is 1. The number of nitrogens with one attached hydrogen (secondary N) is 1. The fraction of sp³-hybridized carbons (Fsp3) is 0.708. The minimum Gasteiger partial charge on any atom is -0.477 e. The van der Waals surface area contributed by atoms with E-state index in [2.05, 4.69) is 20.8 Å². The van der Waals surface area contributed by atoms with Crippen LogP contribution in [0.4, 0.5) is 0 Å². The highest BCUT2D eigenvalue weighted by Crippen LogP contribution is 2.53. The number of carbonyl (C=O) groups excluding carboxylic acids is 3. The lowest BCUT2D eigenvalue weighted by Gasteiger charge is -2.47. The molecule has 6 atom stereocenters. The third-order valence-electron chi connectivity index (χ3n) is 8.22. The predicted octanol–water partition coefficient (Wildman–Crippen LogP) is -0.545. The zero-order valence-corrected chi connectivity index (χ0v) is 22.3. The summed E-state index contributed by atoms with van der Waals surface area (Å²) in [5, 5.41) is 24.1. The second kappa shape index (κ2) is 10.7. The molecule has 206 valence electrons. The van der Waals surface area contributed by atoms with Gasteiger partial charge in [0.1, 0.15) is 18.6 Å². The van der Waals surface area contributed by atoms with Crippen LogP contribution in [0.25, 0.3) is 0 Å². The Labute approximate surface area is 224 Å². The van der Waals surface area contributed by atoms with E-state index in [4.69, 9.17) is 5.73 Å². The largest absolute Gasteiger partial charge is 0.477 e. The third-order valence-corrected chi connectivity index (χ3v) is 9.73. The zero-order chi connectivity index (χ0) is 27.1. The van der Waals surface area contributed by atoms with Gasteiger partial charge in [0.05, 0.1) is 18.0 Å². The van der Waals surface area contributed by atoms with E-state index in [1.54, 1.807) is 0 Å². The molecule has 4 aliphatic heterocycles. The molecule has 5 heterocycles. The van der Waals surface area contributed by atoms with E-state index in [0.717, 1.165) is 12.8 Å². The molecular weight excluding hydrogens is 512 g/mol. The highest BCUT2D eigenvalue weighted by atomic mass is 32.2. The number of likely N-dealkylation sites (tertiary alicyclic amines) is 1. The molecule has 14 heteroatoms. The second-order valence-corrected chi connectivity index (χ2v) is 12.2. The lowest BCUT2D eigenvalue weighted by molar-refractivity contribution is -0.160. The summed E-state index contributed by atoms with van der Waals surface area (Å²) < 4.78 is 1.34. The highest BCUT2D eigenvalue weighted by molar-refractivity contribution is 8.03. The molecule has 2 amide bonds. The van der Waals surface area contributed by atoms with E-state index in [1.165, 1.54) is 27.7 Å². The number of tetrazole rings is 1. The normalized spacial score (nSPS) is 30.4. The standard InChI is InChI=1S/C24H34N8O5S/c1-12(7-15(33)10-31-11-27-28-29-31)18-19-13(2)21(20(24(36)37)32(19)23(18)35)38-16-8-17(26-9-16)22(34)30-5-3-14(25)4-6-30/h11-14,16-19,26H,3-10,25H2,1-2H3,(H,36,37)/t12-,13+,16-,17?,18+,19+/m0/s1. The minimum atomic E-state index is -1.13. The van der Waals surface area contributed by atoms with Gasteiger partial charge in [-0.25, -0.2) is 9.48 Å². The van der Waals surface area contributed by atoms with Crippen molar-refractivity contribution in [1.82, 2.24) is 35.3 Å². The van der Waals surface area contributed by atoms with Crippen molar-refractivity contribution in [2.75, 3.05) is 19.6 Å². The number of aliphatic carboxylic acids is 1. The van der Waals surface area contributed by atoms with E-state index < -0.39 is 11.9 Å². The van der Waals surface area contributed by atoms with Crippen LogP contribution in [0.15, 0.2) is 16.9 Å². The summed E-state index contributed by atoms with van der Waals surface area (Å²) in [5.41, 5.74) is 6.01. The first-order valence-electron chi connectivity index (χ1n) is 13.1. The number of piperidine rings is 1. The molecule has 3 fully saturated rings. The molecule has 0 bridgehead atoms. The van der Waals surface area contributed by atoms with Crippen LogP contribution < -0.4 is 11.1 Å². The molecule has 0 aliphatic carbocycles. The number of carbonyl (C=O) groups is 4. The summed E-state index contributed by atoms with van der Waals surface area (Å²) in [6, 6.07) is -0.450. The van der Waals surface area contributed by atoms with Gasteiger partial charge in [-0.15, -0.1) is 16.9 Å². The van der Waals surface area contributed by atoms with Gasteiger partial charge < -0.3 is 26.0 Å². The molecule has 0 radical (unpaired) electrons. The summed E-state index contributed by atoms with van der Waals surface area (Å²) in [6.07, 6.45) is 3.74. The molecular formula is C24H34N8O5S. The Bertz CT molecular complexity index is 1130. The Morgan fingerprint density at radius 2 is 2.03 bits per heavy atom. The lowest BCUT2D eigenvalue weighted by atomic mass is 9.73. The third kappa shape index (κ3) is 4.96. The first-order chi connectivity index (χ1) is 18.2. The molecule has 1 aromatic heterocycles. The average Bonchev–Trinajstić information content (AvgIpc) is 3.60. The van der Waals surface area contributed by atoms with Gasteiger partial charge in [0.2, 0.25) is 11.8 Å². The van der Waals surface area contributed by atoms with Crippen LogP contribution in [0.1, 0.15) is 39.5 Å². The van der Waals surface area contributed by atoms with Crippen molar-refractivity contribution in [2.24, 2.45) is 23.5 Å². The number of ketones is 1. The van der Waals surface area contributed by atoms with Crippen LogP contribution in [0.5, 0.6) is 0 Å². The Kier molecular flexibility index (Phi) is 7.56. The average molecular weight is 547 g/mol. The monoisotopic (exact) mass is 546 g/mol. The second-order valence-electron chi connectivity index (χ2n) is 10.9. The van der Waals surface area contributed by atoms with Crippen molar-refractivity contribution in [2.45, 2.75) is 69.5 Å². The molecule has 38 heavy (non-hydrogen) atoms. The number of hydrogen-bond acceptors (Lipinski definition) is 10. The smallest absolute Gasteiger partial charge is 0.353 e. The van der Waals surface area contributed by atoms with Crippen molar-refractivity contribution in [3.05, 3.63) is 16.9 Å². The number of rotatable bonds is 9. The zero-order valence-electron chi connectivity index (χ0n) is 21.5. The van der Waals surface area contributed by atoms with Crippen LogP contribution in [0, 0.1) is 17.8 Å². The van der Waals surface area contributed by atoms with Crippen molar-refractivity contribution in [1.29, 1.82) is 0 Å². The van der Waals surface area contributed by atoms with Gasteiger partial charge in [-0.1, -0.05) is 13.8 Å². The molecule has 0 aromatic carbocycles.